The molecule has 7 nitrogen and oxygen atoms in total. The van der Waals surface area contributed by atoms with Crippen LogP contribution in [0, 0.1) is 5.92 Å². The molecule has 2 heterocycles. The van der Waals surface area contributed by atoms with E-state index in [0.29, 0.717) is 5.92 Å². The third-order valence-corrected chi connectivity index (χ3v) is 4.88. The number of carbonyl (C=O) groups excluding carboxylic acids is 1. The zero-order valence-electron chi connectivity index (χ0n) is 17.2. The van der Waals surface area contributed by atoms with Gasteiger partial charge >= 0.3 is 6.09 Å². The van der Waals surface area contributed by atoms with Crippen molar-refractivity contribution in [2.24, 2.45) is 10.9 Å². The maximum absolute atomic E-state index is 12.0. The van der Waals surface area contributed by atoms with Crippen LogP contribution in [0.1, 0.15) is 47.0 Å². The first-order valence-electron chi connectivity index (χ1n) is 9.98. The normalized spacial score (nSPS) is 23.2. The molecule has 2 fully saturated rings. The highest BCUT2D eigenvalue weighted by molar-refractivity contribution is 5.80. The summed E-state index contributed by atoms with van der Waals surface area (Å²) in [6.07, 6.45) is 3.03. The smallest absolute Gasteiger partial charge is 0.407 e. The zero-order chi connectivity index (χ0) is 19.2. The van der Waals surface area contributed by atoms with E-state index in [9.17, 15) is 4.79 Å². The molecule has 2 N–H and O–H groups in total. The molecule has 1 atom stereocenters. The Hall–Kier alpha value is -1.50. The fourth-order valence-electron chi connectivity index (χ4n) is 3.43. The van der Waals surface area contributed by atoms with Gasteiger partial charge in [-0.05, 0) is 73.0 Å². The maximum atomic E-state index is 12.0. The second-order valence-electron chi connectivity index (χ2n) is 8.52. The molecule has 1 amide bonds. The van der Waals surface area contributed by atoms with Gasteiger partial charge in [-0.25, -0.2) is 4.79 Å². The summed E-state index contributed by atoms with van der Waals surface area (Å²) in [6, 6.07) is 0.108. The summed E-state index contributed by atoms with van der Waals surface area (Å²) in [5, 5.41) is 6.39. The van der Waals surface area contributed by atoms with Crippen LogP contribution in [0.15, 0.2) is 4.99 Å². The van der Waals surface area contributed by atoms with Gasteiger partial charge in [-0.3, -0.25) is 4.99 Å². The topological polar surface area (TPSA) is 69.2 Å². The molecule has 150 valence electrons. The van der Waals surface area contributed by atoms with E-state index in [1.54, 1.807) is 0 Å². The van der Waals surface area contributed by atoms with Gasteiger partial charge in [0.1, 0.15) is 5.60 Å². The van der Waals surface area contributed by atoms with Crippen LogP contribution in [0.4, 0.5) is 4.79 Å². The molecule has 0 aromatic heterocycles. The molecule has 0 aromatic carbocycles. The molecular weight excluding hydrogens is 330 g/mol. The number of hydrogen-bond donors (Lipinski definition) is 2. The lowest BCUT2D eigenvalue weighted by Gasteiger charge is -2.28. The third-order valence-electron chi connectivity index (χ3n) is 4.88. The summed E-state index contributed by atoms with van der Waals surface area (Å²) in [7, 11) is 2.19. The molecule has 7 heteroatoms. The largest absolute Gasteiger partial charge is 0.444 e. The predicted octanol–water partition coefficient (Wildman–Crippen LogP) is 1.89. The molecule has 0 aliphatic carbocycles. The Balaban J connectivity index is 1.84. The zero-order valence-corrected chi connectivity index (χ0v) is 17.2. The van der Waals surface area contributed by atoms with Gasteiger partial charge in [0.05, 0.1) is 6.04 Å². The second kappa shape index (κ2) is 9.44. The Morgan fingerprint density at radius 1 is 1.19 bits per heavy atom. The monoisotopic (exact) mass is 367 g/mol. The van der Waals surface area contributed by atoms with Crippen LogP contribution < -0.4 is 10.6 Å². The molecule has 0 radical (unpaired) electrons. The Bertz CT molecular complexity index is 481. The number of hydrogen-bond acceptors (Lipinski definition) is 4. The molecule has 0 aromatic rings. The molecule has 0 spiro atoms. The van der Waals surface area contributed by atoms with Crippen molar-refractivity contribution < 1.29 is 9.53 Å². The Labute approximate surface area is 158 Å². The van der Waals surface area contributed by atoms with E-state index in [2.05, 4.69) is 34.4 Å². The molecule has 0 saturated carbocycles. The highest BCUT2D eigenvalue weighted by atomic mass is 16.6. The van der Waals surface area contributed by atoms with Gasteiger partial charge in [-0.15, -0.1) is 0 Å². The van der Waals surface area contributed by atoms with Crippen LogP contribution in [-0.2, 0) is 4.74 Å². The Kier molecular flexibility index (Phi) is 7.55. The highest BCUT2D eigenvalue weighted by Gasteiger charge is 2.28. The average molecular weight is 368 g/mol. The van der Waals surface area contributed by atoms with Gasteiger partial charge in [-0.1, -0.05) is 0 Å². The van der Waals surface area contributed by atoms with Crippen molar-refractivity contribution in [3.8, 4) is 0 Å². The summed E-state index contributed by atoms with van der Waals surface area (Å²) in [6.45, 7) is 13.5. The lowest BCUT2D eigenvalue weighted by molar-refractivity contribution is 0.0507. The highest BCUT2D eigenvalue weighted by Crippen LogP contribution is 2.17. The summed E-state index contributed by atoms with van der Waals surface area (Å²) in [5.74, 6) is 1.65. The first kappa shape index (κ1) is 20.8. The average Bonchev–Trinajstić information content (AvgIpc) is 2.99. The van der Waals surface area contributed by atoms with Crippen molar-refractivity contribution in [3.05, 3.63) is 0 Å². The summed E-state index contributed by atoms with van der Waals surface area (Å²) < 4.78 is 5.36. The molecule has 2 rings (SSSR count). The molecule has 26 heavy (non-hydrogen) atoms. The van der Waals surface area contributed by atoms with E-state index in [0.717, 1.165) is 38.6 Å². The minimum absolute atomic E-state index is 0.108. The maximum Gasteiger partial charge on any atom is 0.407 e. The van der Waals surface area contributed by atoms with Gasteiger partial charge in [0.15, 0.2) is 5.96 Å². The lowest BCUT2D eigenvalue weighted by atomic mass is 9.97. The van der Waals surface area contributed by atoms with Crippen molar-refractivity contribution in [2.45, 2.75) is 58.6 Å². The number of piperidine rings is 1. The first-order chi connectivity index (χ1) is 12.3. The van der Waals surface area contributed by atoms with E-state index < -0.39 is 5.60 Å². The Morgan fingerprint density at radius 2 is 1.88 bits per heavy atom. The number of ether oxygens (including phenoxy) is 1. The van der Waals surface area contributed by atoms with Gasteiger partial charge in [0, 0.05) is 26.2 Å². The molecule has 1 unspecified atom stereocenters. The van der Waals surface area contributed by atoms with Crippen LogP contribution in [0.25, 0.3) is 0 Å². The number of aliphatic imine (C=N–C) groups is 1. The number of guanidine groups is 1. The SMILES string of the molecule is CCNC(=NCC1CCN(C)CC1)N1CCC(NC(=O)OC(C)(C)C)C1. The van der Waals surface area contributed by atoms with Gasteiger partial charge in [0.25, 0.3) is 0 Å². The molecule has 2 saturated heterocycles. The van der Waals surface area contributed by atoms with E-state index >= 15 is 0 Å². The Morgan fingerprint density at radius 3 is 2.50 bits per heavy atom. The van der Waals surface area contributed by atoms with Crippen LogP contribution in [0.2, 0.25) is 0 Å². The molecule has 0 bridgehead atoms. The molecule has 2 aliphatic heterocycles. The van der Waals surface area contributed by atoms with E-state index in [1.807, 2.05) is 20.8 Å². The van der Waals surface area contributed by atoms with E-state index in [-0.39, 0.29) is 12.1 Å². The van der Waals surface area contributed by atoms with E-state index in [4.69, 9.17) is 9.73 Å². The lowest BCUT2D eigenvalue weighted by Crippen LogP contribution is -2.44. The first-order valence-corrected chi connectivity index (χ1v) is 9.98. The van der Waals surface area contributed by atoms with Gasteiger partial charge in [-0.2, -0.15) is 0 Å². The van der Waals surface area contributed by atoms with Gasteiger partial charge in [0.2, 0.25) is 0 Å². The van der Waals surface area contributed by atoms with Crippen molar-refractivity contribution in [3.63, 3.8) is 0 Å². The van der Waals surface area contributed by atoms with Crippen molar-refractivity contribution in [1.29, 1.82) is 0 Å². The number of alkyl carbamates (subject to hydrolysis) is 1. The van der Waals surface area contributed by atoms with Crippen molar-refractivity contribution in [2.75, 3.05) is 46.3 Å². The predicted molar refractivity (Wildman–Crippen MR) is 106 cm³/mol. The summed E-state index contributed by atoms with van der Waals surface area (Å²) >= 11 is 0. The number of nitrogens with one attached hydrogen (secondary N) is 2. The van der Waals surface area contributed by atoms with E-state index in [1.165, 1.54) is 25.9 Å². The van der Waals surface area contributed by atoms with Crippen LogP contribution in [0.5, 0.6) is 0 Å². The van der Waals surface area contributed by atoms with Crippen molar-refractivity contribution >= 4 is 12.1 Å². The number of likely N-dealkylation sites (tertiary alicyclic amines) is 2. The fourth-order valence-corrected chi connectivity index (χ4v) is 3.43. The quantitative estimate of drug-likeness (QED) is 0.587. The van der Waals surface area contributed by atoms with Gasteiger partial charge < -0.3 is 25.2 Å². The number of rotatable bonds is 4. The number of nitrogens with zero attached hydrogens (tertiary/aromatic N) is 3. The van der Waals surface area contributed by atoms with Crippen LogP contribution in [-0.4, -0.2) is 79.8 Å². The van der Waals surface area contributed by atoms with Crippen LogP contribution >= 0.6 is 0 Å². The van der Waals surface area contributed by atoms with Crippen LogP contribution in [0.3, 0.4) is 0 Å². The second-order valence-corrected chi connectivity index (χ2v) is 8.52. The minimum atomic E-state index is -0.465. The molecule has 2 aliphatic rings. The molecular formula is C19H37N5O2. The summed E-state index contributed by atoms with van der Waals surface area (Å²) in [4.78, 5) is 21.5. The minimum Gasteiger partial charge on any atom is -0.444 e. The summed E-state index contributed by atoms with van der Waals surface area (Å²) in [5.41, 5.74) is -0.465. The number of amides is 1. The third kappa shape index (κ3) is 7.02. The van der Waals surface area contributed by atoms with Crippen molar-refractivity contribution in [1.82, 2.24) is 20.4 Å². The standard InChI is InChI=1S/C19H37N5O2/c1-6-20-17(21-13-15-7-10-23(5)11-8-15)24-12-9-16(14-24)22-18(25)26-19(2,3)4/h15-16H,6-14H2,1-5H3,(H,20,21)(H,22,25). The number of carbonyl (C=O) groups is 1. The fraction of sp³-hybridized carbons (Fsp3) is 0.895.